The molecule has 1 N–H and O–H groups in total. The minimum absolute atomic E-state index is 0.0665. The first-order valence-electron chi connectivity index (χ1n) is 7.04. The van der Waals surface area contributed by atoms with Crippen molar-refractivity contribution in [3.8, 4) is 0 Å². The monoisotopic (exact) mass is 265 g/mol. The molecule has 2 nitrogen and oxygen atoms in total. The summed E-state index contributed by atoms with van der Waals surface area (Å²) in [5.74, 6) is 0.545. The standard InChI is InChI=1S/C16H24FNO/c1-16(2,3)18-9-13-6-7-15(17)14(8-13)11-19-10-12-4-5-12/h6-8,12,18H,4-5,9-11H2,1-3H3. The van der Waals surface area contributed by atoms with Crippen molar-refractivity contribution in [2.24, 2.45) is 5.92 Å². The van der Waals surface area contributed by atoms with E-state index in [4.69, 9.17) is 4.74 Å². The molecule has 106 valence electrons. The lowest BCUT2D eigenvalue weighted by Crippen LogP contribution is -2.35. The van der Waals surface area contributed by atoms with Crippen molar-refractivity contribution in [3.05, 3.63) is 35.1 Å². The molecule has 1 aliphatic carbocycles. The lowest BCUT2D eigenvalue weighted by molar-refractivity contribution is 0.109. The van der Waals surface area contributed by atoms with Gasteiger partial charge in [-0.15, -0.1) is 0 Å². The van der Waals surface area contributed by atoms with Gasteiger partial charge in [0.25, 0.3) is 0 Å². The van der Waals surface area contributed by atoms with E-state index in [1.54, 1.807) is 0 Å². The molecule has 1 saturated carbocycles. The average molecular weight is 265 g/mol. The van der Waals surface area contributed by atoms with E-state index >= 15 is 0 Å². The van der Waals surface area contributed by atoms with E-state index in [9.17, 15) is 4.39 Å². The van der Waals surface area contributed by atoms with Crippen LogP contribution in [0.15, 0.2) is 18.2 Å². The zero-order valence-electron chi connectivity index (χ0n) is 12.1. The second-order valence-electron chi connectivity index (χ2n) is 6.49. The number of rotatable bonds is 6. The molecule has 1 aliphatic rings. The lowest BCUT2D eigenvalue weighted by atomic mass is 10.1. The van der Waals surface area contributed by atoms with Gasteiger partial charge in [-0.1, -0.05) is 6.07 Å². The molecule has 1 aromatic rings. The van der Waals surface area contributed by atoms with Crippen LogP contribution in [0.2, 0.25) is 0 Å². The number of hydrogen-bond acceptors (Lipinski definition) is 2. The average Bonchev–Trinajstić information content (AvgIpc) is 3.13. The largest absolute Gasteiger partial charge is 0.376 e. The molecule has 0 saturated heterocycles. The molecule has 0 unspecified atom stereocenters. The molecule has 19 heavy (non-hydrogen) atoms. The predicted molar refractivity (Wildman–Crippen MR) is 75.4 cm³/mol. The maximum atomic E-state index is 13.7. The number of nitrogens with one attached hydrogen (secondary N) is 1. The van der Waals surface area contributed by atoms with E-state index in [1.165, 1.54) is 18.9 Å². The van der Waals surface area contributed by atoms with Crippen molar-refractivity contribution in [1.82, 2.24) is 5.32 Å². The van der Waals surface area contributed by atoms with E-state index in [-0.39, 0.29) is 11.4 Å². The first-order chi connectivity index (χ1) is 8.94. The molecule has 1 fully saturated rings. The minimum atomic E-state index is -0.171. The Morgan fingerprint density at radius 2 is 2.05 bits per heavy atom. The zero-order valence-corrected chi connectivity index (χ0v) is 12.1. The first-order valence-corrected chi connectivity index (χ1v) is 7.04. The van der Waals surface area contributed by atoms with Gasteiger partial charge in [-0.2, -0.15) is 0 Å². The van der Waals surface area contributed by atoms with Gasteiger partial charge in [-0.3, -0.25) is 0 Å². The summed E-state index contributed by atoms with van der Waals surface area (Å²) in [6.45, 7) is 8.26. The minimum Gasteiger partial charge on any atom is -0.376 e. The molecule has 0 atom stereocenters. The normalized spacial score (nSPS) is 15.8. The fourth-order valence-corrected chi connectivity index (χ4v) is 1.84. The SMILES string of the molecule is CC(C)(C)NCc1ccc(F)c(COCC2CC2)c1. The van der Waals surface area contributed by atoms with E-state index in [2.05, 4.69) is 26.1 Å². The Morgan fingerprint density at radius 1 is 1.32 bits per heavy atom. The van der Waals surface area contributed by atoms with Crippen LogP contribution in [0, 0.1) is 11.7 Å². The summed E-state index contributed by atoms with van der Waals surface area (Å²) >= 11 is 0. The molecule has 2 rings (SSSR count). The van der Waals surface area contributed by atoms with Crippen LogP contribution in [0.4, 0.5) is 4.39 Å². The molecule has 0 aliphatic heterocycles. The van der Waals surface area contributed by atoms with Crippen molar-refractivity contribution in [2.75, 3.05) is 6.61 Å². The van der Waals surface area contributed by atoms with Crippen molar-refractivity contribution in [3.63, 3.8) is 0 Å². The number of halogens is 1. The molecular formula is C16H24FNO. The summed E-state index contributed by atoms with van der Waals surface area (Å²) in [5, 5.41) is 3.41. The van der Waals surface area contributed by atoms with Gasteiger partial charge in [0.2, 0.25) is 0 Å². The van der Waals surface area contributed by atoms with Crippen molar-refractivity contribution < 1.29 is 9.13 Å². The lowest BCUT2D eigenvalue weighted by Gasteiger charge is -2.20. The summed E-state index contributed by atoms with van der Waals surface area (Å²) in [5.41, 5.74) is 1.83. The summed E-state index contributed by atoms with van der Waals surface area (Å²) < 4.78 is 19.2. The van der Waals surface area contributed by atoms with Crippen LogP contribution >= 0.6 is 0 Å². The van der Waals surface area contributed by atoms with E-state index in [0.29, 0.717) is 18.1 Å². The highest BCUT2D eigenvalue weighted by atomic mass is 19.1. The van der Waals surface area contributed by atoms with Crippen molar-refractivity contribution in [1.29, 1.82) is 0 Å². The topological polar surface area (TPSA) is 21.3 Å². The quantitative estimate of drug-likeness (QED) is 0.848. The van der Waals surface area contributed by atoms with Crippen molar-refractivity contribution >= 4 is 0 Å². The van der Waals surface area contributed by atoms with Gasteiger partial charge in [0, 0.05) is 24.3 Å². The zero-order chi connectivity index (χ0) is 13.9. The highest BCUT2D eigenvalue weighted by Gasteiger charge is 2.21. The second kappa shape index (κ2) is 6.02. The third kappa shape index (κ3) is 5.29. The number of hydrogen-bond donors (Lipinski definition) is 1. The molecule has 0 aromatic heterocycles. The van der Waals surface area contributed by atoms with Crippen LogP contribution in [0.1, 0.15) is 44.7 Å². The van der Waals surface area contributed by atoms with Crippen molar-refractivity contribution in [2.45, 2.75) is 52.3 Å². The summed E-state index contributed by atoms with van der Waals surface area (Å²) in [6, 6.07) is 5.27. The Hall–Kier alpha value is -0.930. The smallest absolute Gasteiger partial charge is 0.128 e. The van der Waals surface area contributed by atoms with Gasteiger partial charge in [0.05, 0.1) is 6.61 Å². The summed E-state index contributed by atoms with van der Waals surface area (Å²) in [4.78, 5) is 0. The molecular weight excluding hydrogens is 241 g/mol. The molecule has 0 heterocycles. The number of benzene rings is 1. The van der Waals surface area contributed by atoms with Crippen LogP contribution < -0.4 is 5.32 Å². The predicted octanol–water partition coefficient (Wildman–Crippen LogP) is 3.64. The molecule has 0 bridgehead atoms. The van der Waals surface area contributed by atoms with Gasteiger partial charge in [0.15, 0.2) is 0 Å². The van der Waals surface area contributed by atoms with Crippen LogP contribution in [0.25, 0.3) is 0 Å². The van der Waals surface area contributed by atoms with Gasteiger partial charge >= 0.3 is 0 Å². The van der Waals surface area contributed by atoms with Crippen LogP contribution in [-0.4, -0.2) is 12.1 Å². The first kappa shape index (κ1) is 14.5. The summed E-state index contributed by atoms with van der Waals surface area (Å²) in [6.07, 6.45) is 2.52. The Kier molecular flexibility index (Phi) is 4.58. The molecule has 0 amide bonds. The van der Waals surface area contributed by atoms with Gasteiger partial charge < -0.3 is 10.1 Å². The molecule has 3 heteroatoms. The molecule has 0 radical (unpaired) electrons. The van der Waals surface area contributed by atoms with Crippen LogP contribution in [0.3, 0.4) is 0 Å². The fraction of sp³-hybridized carbons (Fsp3) is 0.625. The second-order valence-corrected chi connectivity index (χ2v) is 6.49. The summed E-state index contributed by atoms with van der Waals surface area (Å²) in [7, 11) is 0. The highest BCUT2D eigenvalue weighted by Crippen LogP contribution is 2.29. The maximum Gasteiger partial charge on any atom is 0.128 e. The Bertz CT molecular complexity index is 421. The molecule has 0 spiro atoms. The third-order valence-electron chi connectivity index (χ3n) is 3.24. The van der Waals surface area contributed by atoms with Gasteiger partial charge in [0.1, 0.15) is 5.82 Å². The van der Waals surface area contributed by atoms with Gasteiger partial charge in [-0.05, 0) is 57.2 Å². The van der Waals surface area contributed by atoms with Gasteiger partial charge in [-0.25, -0.2) is 4.39 Å². The Morgan fingerprint density at radius 3 is 2.68 bits per heavy atom. The van der Waals surface area contributed by atoms with E-state index in [0.717, 1.165) is 18.7 Å². The highest BCUT2D eigenvalue weighted by molar-refractivity contribution is 5.24. The van der Waals surface area contributed by atoms with Crippen LogP contribution in [-0.2, 0) is 17.9 Å². The third-order valence-corrected chi connectivity index (χ3v) is 3.24. The van der Waals surface area contributed by atoms with E-state index in [1.807, 2.05) is 12.1 Å². The Labute approximate surface area is 115 Å². The van der Waals surface area contributed by atoms with E-state index < -0.39 is 0 Å². The number of ether oxygens (including phenoxy) is 1. The molecule has 1 aromatic carbocycles. The Balaban J connectivity index is 1.89. The fourth-order valence-electron chi connectivity index (χ4n) is 1.84. The van der Waals surface area contributed by atoms with Crippen LogP contribution in [0.5, 0.6) is 0 Å². The maximum absolute atomic E-state index is 13.7.